The van der Waals surface area contributed by atoms with Crippen molar-refractivity contribution in [3.8, 4) is 17.2 Å². The fourth-order valence-electron chi connectivity index (χ4n) is 4.54. The number of carboxylic acid groups (broad SMARTS) is 1. The molecule has 1 saturated carbocycles. The van der Waals surface area contributed by atoms with Crippen molar-refractivity contribution in [2.75, 3.05) is 0 Å². The summed E-state index contributed by atoms with van der Waals surface area (Å²) in [6.45, 7) is 4.42. The molecule has 182 valence electrons. The van der Waals surface area contributed by atoms with Gasteiger partial charge in [-0.05, 0) is 72.7 Å². The largest absolute Gasteiger partial charge is 0.481 e. The molecule has 36 heavy (non-hydrogen) atoms. The predicted octanol–water partition coefficient (Wildman–Crippen LogP) is 4.55. The number of nitrogens with one attached hydrogen (secondary N) is 3. The highest BCUT2D eigenvalue weighted by atomic mass is 16.4. The van der Waals surface area contributed by atoms with Gasteiger partial charge in [-0.1, -0.05) is 42.5 Å². The maximum atomic E-state index is 12.9. The number of carbonyl (C=O) groups is 2. The average molecular weight is 481 g/mol. The van der Waals surface area contributed by atoms with Gasteiger partial charge in [-0.25, -0.2) is 0 Å². The number of amides is 1. The molecule has 1 aliphatic carbocycles. The molecule has 0 aliphatic heterocycles. The lowest BCUT2D eigenvalue weighted by Gasteiger charge is -2.33. The standard InChI is InChI=1S/C29H28N4O3/c1-17-11-19(16-32-23-13-22(14-23)29(35)36)7-9-25(17)27(31)33-28(34)20-8-10-24(18(2)12-20)26-6-4-3-5-21(26)15-30/h3-12,22-23,32H,13-14,16H2,1-2H3,(H,35,36)(H2,31,33,34). The molecule has 4 N–H and O–H groups in total. The van der Waals surface area contributed by atoms with Crippen LogP contribution in [0.2, 0.25) is 0 Å². The number of hydrogen-bond acceptors (Lipinski definition) is 5. The SMILES string of the molecule is Cc1cc(CNC2CC(C(=O)O)C2)ccc1C(=N)NC(=O)c1ccc(-c2ccccc2C#N)c(C)c1. The van der Waals surface area contributed by atoms with Gasteiger partial charge in [-0.2, -0.15) is 5.26 Å². The lowest BCUT2D eigenvalue weighted by Crippen LogP contribution is -2.43. The summed E-state index contributed by atoms with van der Waals surface area (Å²) < 4.78 is 0. The van der Waals surface area contributed by atoms with Crippen LogP contribution in [0, 0.1) is 36.5 Å². The number of benzene rings is 3. The Balaban J connectivity index is 1.39. The number of nitriles is 1. The van der Waals surface area contributed by atoms with Crippen LogP contribution < -0.4 is 10.6 Å². The van der Waals surface area contributed by atoms with Crippen LogP contribution in [0.4, 0.5) is 0 Å². The summed E-state index contributed by atoms with van der Waals surface area (Å²) in [5, 5.41) is 32.9. The second kappa shape index (κ2) is 10.5. The zero-order chi connectivity index (χ0) is 25.8. The molecule has 7 nitrogen and oxygen atoms in total. The minimum absolute atomic E-state index is 0.0249. The van der Waals surface area contributed by atoms with Gasteiger partial charge in [0.25, 0.3) is 5.91 Å². The highest BCUT2D eigenvalue weighted by Crippen LogP contribution is 2.28. The Hall–Kier alpha value is -4.28. The van der Waals surface area contributed by atoms with Crippen LogP contribution in [0.25, 0.3) is 11.1 Å². The maximum absolute atomic E-state index is 12.9. The van der Waals surface area contributed by atoms with Crippen molar-refractivity contribution in [3.05, 3.63) is 94.0 Å². The number of rotatable bonds is 7. The number of carboxylic acids is 1. The van der Waals surface area contributed by atoms with Crippen LogP contribution >= 0.6 is 0 Å². The van der Waals surface area contributed by atoms with E-state index in [4.69, 9.17) is 10.5 Å². The van der Waals surface area contributed by atoms with E-state index in [1.54, 1.807) is 18.2 Å². The van der Waals surface area contributed by atoms with Crippen LogP contribution in [-0.4, -0.2) is 28.9 Å². The van der Waals surface area contributed by atoms with Crippen molar-refractivity contribution in [3.63, 3.8) is 0 Å². The molecule has 1 amide bonds. The summed E-state index contributed by atoms with van der Waals surface area (Å²) in [6.07, 6.45) is 1.29. The molecule has 7 heteroatoms. The van der Waals surface area contributed by atoms with Crippen molar-refractivity contribution in [1.82, 2.24) is 10.6 Å². The van der Waals surface area contributed by atoms with E-state index < -0.39 is 5.97 Å². The first kappa shape index (κ1) is 24.8. The second-order valence-corrected chi connectivity index (χ2v) is 9.25. The van der Waals surface area contributed by atoms with Crippen molar-refractivity contribution in [2.24, 2.45) is 5.92 Å². The van der Waals surface area contributed by atoms with Crippen molar-refractivity contribution in [1.29, 1.82) is 10.7 Å². The Labute approximate surface area is 210 Å². The van der Waals surface area contributed by atoms with Gasteiger partial charge < -0.3 is 15.7 Å². The Bertz CT molecular complexity index is 1380. The molecule has 1 fully saturated rings. The first-order valence-corrected chi connectivity index (χ1v) is 11.8. The summed E-state index contributed by atoms with van der Waals surface area (Å²) in [7, 11) is 0. The maximum Gasteiger partial charge on any atom is 0.306 e. The molecule has 4 rings (SSSR count). The topological polar surface area (TPSA) is 126 Å². The molecule has 0 bridgehead atoms. The minimum atomic E-state index is -0.732. The monoisotopic (exact) mass is 480 g/mol. The van der Waals surface area contributed by atoms with Gasteiger partial charge in [0.15, 0.2) is 0 Å². The average Bonchev–Trinajstić information content (AvgIpc) is 2.82. The Morgan fingerprint density at radius 3 is 2.44 bits per heavy atom. The zero-order valence-corrected chi connectivity index (χ0v) is 20.3. The first-order chi connectivity index (χ1) is 17.3. The fraction of sp³-hybridized carbons (Fsp3) is 0.241. The molecule has 0 saturated heterocycles. The van der Waals surface area contributed by atoms with Crippen LogP contribution in [-0.2, 0) is 11.3 Å². The van der Waals surface area contributed by atoms with Crippen molar-refractivity contribution < 1.29 is 14.7 Å². The molecule has 0 heterocycles. The van der Waals surface area contributed by atoms with Crippen molar-refractivity contribution in [2.45, 2.75) is 39.3 Å². The number of hydrogen-bond donors (Lipinski definition) is 4. The zero-order valence-electron chi connectivity index (χ0n) is 20.3. The molecule has 0 spiro atoms. The van der Waals surface area contributed by atoms with Crippen LogP contribution in [0.1, 0.15) is 51.0 Å². The van der Waals surface area contributed by atoms with Crippen LogP contribution in [0.3, 0.4) is 0 Å². The van der Waals surface area contributed by atoms with E-state index in [1.165, 1.54) is 0 Å². The van der Waals surface area contributed by atoms with E-state index in [-0.39, 0.29) is 23.7 Å². The molecular weight excluding hydrogens is 452 g/mol. The molecule has 0 aromatic heterocycles. The number of amidine groups is 1. The van der Waals surface area contributed by atoms with Crippen LogP contribution in [0.15, 0.2) is 60.7 Å². The number of aryl methyl sites for hydroxylation is 2. The highest BCUT2D eigenvalue weighted by molar-refractivity contribution is 6.12. The molecule has 0 radical (unpaired) electrons. The van der Waals surface area contributed by atoms with E-state index in [9.17, 15) is 14.9 Å². The third-order valence-corrected chi connectivity index (χ3v) is 6.71. The molecule has 0 atom stereocenters. The number of aliphatic carboxylic acids is 1. The first-order valence-electron chi connectivity index (χ1n) is 11.8. The number of nitrogens with zero attached hydrogens (tertiary/aromatic N) is 1. The smallest absolute Gasteiger partial charge is 0.306 e. The number of carbonyl (C=O) groups excluding carboxylic acids is 1. The normalized spacial score (nSPS) is 16.5. The third kappa shape index (κ3) is 5.35. The Morgan fingerprint density at radius 2 is 1.78 bits per heavy atom. The van der Waals surface area contributed by atoms with Gasteiger partial charge in [0.2, 0.25) is 0 Å². The van der Waals surface area contributed by atoms with E-state index in [2.05, 4.69) is 16.7 Å². The Kier molecular flexibility index (Phi) is 7.28. The van der Waals surface area contributed by atoms with Gasteiger partial charge in [0.05, 0.1) is 17.6 Å². The van der Waals surface area contributed by atoms with Gasteiger partial charge in [0, 0.05) is 23.7 Å². The summed E-state index contributed by atoms with van der Waals surface area (Å²) >= 11 is 0. The summed E-state index contributed by atoms with van der Waals surface area (Å²) in [4.78, 5) is 23.8. The molecular formula is C29H28N4O3. The van der Waals surface area contributed by atoms with Gasteiger partial charge in [0.1, 0.15) is 5.84 Å². The molecule has 0 unspecified atom stereocenters. The summed E-state index contributed by atoms with van der Waals surface area (Å²) in [6, 6.07) is 20.8. The minimum Gasteiger partial charge on any atom is -0.481 e. The van der Waals surface area contributed by atoms with E-state index in [0.717, 1.165) is 27.8 Å². The third-order valence-electron chi connectivity index (χ3n) is 6.71. The lowest BCUT2D eigenvalue weighted by atomic mass is 9.80. The Morgan fingerprint density at radius 1 is 1.03 bits per heavy atom. The summed E-state index contributed by atoms with van der Waals surface area (Å²) in [5.41, 5.74) is 6.14. The molecule has 3 aromatic rings. The summed E-state index contributed by atoms with van der Waals surface area (Å²) in [5.74, 6) is -1.32. The van der Waals surface area contributed by atoms with Crippen LogP contribution in [0.5, 0.6) is 0 Å². The highest BCUT2D eigenvalue weighted by Gasteiger charge is 2.33. The lowest BCUT2D eigenvalue weighted by molar-refractivity contribution is -0.145. The van der Waals surface area contributed by atoms with Gasteiger partial charge in [-0.3, -0.25) is 15.0 Å². The van der Waals surface area contributed by atoms with E-state index in [1.807, 2.05) is 56.3 Å². The molecule has 1 aliphatic rings. The van der Waals surface area contributed by atoms with E-state index in [0.29, 0.717) is 36.1 Å². The molecule has 3 aromatic carbocycles. The van der Waals surface area contributed by atoms with E-state index >= 15 is 0 Å². The van der Waals surface area contributed by atoms with Crippen molar-refractivity contribution >= 4 is 17.7 Å². The fourth-order valence-corrected chi connectivity index (χ4v) is 4.54. The quantitative estimate of drug-likeness (QED) is 0.292. The van der Waals surface area contributed by atoms with Gasteiger partial charge >= 0.3 is 5.97 Å². The van der Waals surface area contributed by atoms with Gasteiger partial charge in [-0.15, -0.1) is 0 Å². The predicted molar refractivity (Wildman–Crippen MR) is 138 cm³/mol. The second-order valence-electron chi connectivity index (χ2n) is 9.25.